The smallest absolute Gasteiger partial charge is 0.408 e. The maximum absolute atomic E-state index is 12.5. The lowest BCUT2D eigenvalue weighted by atomic mass is 9.79. The minimum atomic E-state index is -3.67. The highest BCUT2D eigenvalue weighted by atomic mass is 32.2. The normalized spacial score (nSPS) is 24.0. The number of hydrogen-bond acceptors (Lipinski definition) is 8. The van der Waals surface area contributed by atoms with Crippen LogP contribution in [0.5, 0.6) is 0 Å². The molecular formula is C24H35N3O7S. The molecule has 2 aliphatic rings. The maximum Gasteiger partial charge on any atom is 0.420 e. The lowest BCUT2D eigenvalue weighted by molar-refractivity contribution is -0.0419. The summed E-state index contributed by atoms with van der Waals surface area (Å²) in [6.07, 6.45) is 7.32. The second kappa shape index (κ2) is 11.7. The van der Waals surface area contributed by atoms with E-state index in [1.165, 1.54) is 0 Å². The Morgan fingerprint density at radius 2 is 1.83 bits per heavy atom. The molecule has 4 rings (SSSR count). The topological polar surface area (TPSA) is 135 Å². The standard InChI is InChI=1S/C23H31N3O4.CH4O3S/c1-23(9-5-19(6-10-23)29-14-13-28-2)25-11-7-18(8-12-25)26-20-15-17(16-24)3-4-21(20)30-22(26)27;1-5(2,3)4/h3-4,15,18-19H,5-14H2,1-2H3;1H3,(H,2,3,4). The van der Waals surface area contributed by atoms with Gasteiger partial charge in [-0.05, 0) is 63.6 Å². The van der Waals surface area contributed by atoms with Crippen LogP contribution < -0.4 is 5.76 Å². The molecule has 0 unspecified atom stereocenters. The largest absolute Gasteiger partial charge is 0.420 e. The molecule has 2 fully saturated rings. The van der Waals surface area contributed by atoms with Crippen molar-refractivity contribution in [2.45, 2.75) is 63.1 Å². The molecule has 1 N–H and O–H groups in total. The molecule has 194 valence electrons. The van der Waals surface area contributed by atoms with Crippen molar-refractivity contribution < 1.29 is 26.9 Å². The molecule has 1 aromatic carbocycles. The van der Waals surface area contributed by atoms with Crippen LogP contribution in [0, 0.1) is 11.3 Å². The predicted molar refractivity (Wildman–Crippen MR) is 131 cm³/mol. The van der Waals surface area contributed by atoms with E-state index in [0.29, 0.717) is 36.7 Å². The number of aromatic nitrogens is 1. The summed E-state index contributed by atoms with van der Waals surface area (Å²) in [4.78, 5) is 15.1. The minimum absolute atomic E-state index is 0.112. The van der Waals surface area contributed by atoms with Gasteiger partial charge in [0.2, 0.25) is 0 Å². The van der Waals surface area contributed by atoms with E-state index in [1.54, 1.807) is 29.9 Å². The van der Waals surface area contributed by atoms with Gasteiger partial charge in [-0.15, -0.1) is 0 Å². The van der Waals surface area contributed by atoms with Crippen LogP contribution >= 0.6 is 0 Å². The van der Waals surface area contributed by atoms with E-state index in [-0.39, 0.29) is 17.3 Å². The molecule has 1 aromatic heterocycles. The number of nitrogens with zero attached hydrogens (tertiary/aromatic N) is 3. The van der Waals surface area contributed by atoms with Crippen molar-refractivity contribution in [3.05, 3.63) is 34.3 Å². The number of fused-ring (bicyclic) bond motifs is 1. The highest BCUT2D eigenvalue weighted by molar-refractivity contribution is 7.85. The first-order valence-corrected chi connectivity index (χ1v) is 13.7. The van der Waals surface area contributed by atoms with E-state index < -0.39 is 10.1 Å². The van der Waals surface area contributed by atoms with Crippen LogP contribution in [-0.4, -0.2) is 73.7 Å². The summed E-state index contributed by atoms with van der Waals surface area (Å²) < 4.78 is 44.1. The molecule has 0 spiro atoms. The first-order chi connectivity index (χ1) is 16.5. The van der Waals surface area contributed by atoms with Gasteiger partial charge >= 0.3 is 5.76 Å². The van der Waals surface area contributed by atoms with Crippen LogP contribution in [0.3, 0.4) is 0 Å². The van der Waals surface area contributed by atoms with Gasteiger partial charge in [-0.3, -0.25) is 14.0 Å². The van der Waals surface area contributed by atoms with E-state index in [2.05, 4.69) is 17.9 Å². The Morgan fingerprint density at radius 1 is 1.20 bits per heavy atom. The molecule has 10 nitrogen and oxygen atoms in total. The zero-order valence-corrected chi connectivity index (χ0v) is 21.4. The van der Waals surface area contributed by atoms with Crippen molar-refractivity contribution in [1.82, 2.24) is 9.47 Å². The van der Waals surface area contributed by atoms with Gasteiger partial charge in [0.15, 0.2) is 5.58 Å². The second-order valence-electron chi connectivity index (χ2n) is 9.54. The van der Waals surface area contributed by atoms with Gasteiger partial charge in [-0.25, -0.2) is 4.79 Å². The predicted octanol–water partition coefficient (Wildman–Crippen LogP) is 2.97. The van der Waals surface area contributed by atoms with Gasteiger partial charge in [0.25, 0.3) is 10.1 Å². The maximum atomic E-state index is 12.5. The Hall–Kier alpha value is -2.23. The molecule has 0 amide bonds. The molecule has 1 saturated heterocycles. The number of hydrogen-bond donors (Lipinski definition) is 1. The van der Waals surface area contributed by atoms with Crippen LogP contribution in [0.15, 0.2) is 27.4 Å². The average Bonchev–Trinajstić information content (AvgIpc) is 3.14. The quantitative estimate of drug-likeness (QED) is 0.460. The second-order valence-corrected chi connectivity index (χ2v) is 11.0. The Labute approximate surface area is 206 Å². The van der Waals surface area contributed by atoms with Crippen molar-refractivity contribution >= 4 is 21.2 Å². The summed E-state index contributed by atoms with van der Waals surface area (Å²) in [6, 6.07) is 7.43. The summed E-state index contributed by atoms with van der Waals surface area (Å²) in [5, 5.41) is 9.20. The summed E-state index contributed by atoms with van der Waals surface area (Å²) in [6.45, 7) is 5.63. The van der Waals surface area contributed by atoms with E-state index >= 15 is 0 Å². The van der Waals surface area contributed by atoms with Crippen molar-refractivity contribution in [1.29, 1.82) is 5.26 Å². The van der Waals surface area contributed by atoms with E-state index in [1.807, 2.05) is 0 Å². The lowest BCUT2D eigenvalue weighted by Crippen LogP contribution is -2.53. The monoisotopic (exact) mass is 509 g/mol. The van der Waals surface area contributed by atoms with E-state index in [0.717, 1.165) is 57.1 Å². The molecule has 1 saturated carbocycles. The molecule has 0 radical (unpaired) electrons. The van der Waals surface area contributed by atoms with Crippen molar-refractivity contribution in [3.8, 4) is 6.07 Å². The number of piperidine rings is 1. The zero-order valence-electron chi connectivity index (χ0n) is 20.6. The fourth-order valence-electron chi connectivity index (χ4n) is 5.11. The van der Waals surface area contributed by atoms with E-state index in [9.17, 15) is 18.5 Å². The van der Waals surface area contributed by atoms with Crippen LogP contribution in [0.1, 0.15) is 57.1 Å². The number of ether oxygens (including phenoxy) is 2. The third-order valence-corrected chi connectivity index (χ3v) is 6.99. The van der Waals surface area contributed by atoms with Crippen LogP contribution in [0.2, 0.25) is 0 Å². The molecule has 35 heavy (non-hydrogen) atoms. The summed E-state index contributed by atoms with van der Waals surface area (Å²) in [5.41, 5.74) is 2.04. The third kappa shape index (κ3) is 7.38. The summed E-state index contributed by atoms with van der Waals surface area (Å²) >= 11 is 0. The van der Waals surface area contributed by atoms with Crippen LogP contribution in [-0.2, 0) is 19.6 Å². The van der Waals surface area contributed by atoms with Crippen molar-refractivity contribution in [2.75, 3.05) is 39.7 Å². The molecule has 2 heterocycles. The number of nitriles is 1. The third-order valence-electron chi connectivity index (χ3n) is 6.99. The molecule has 2 aromatic rings. The van der Waals surface area contributed by atoms with Gasteiger partial charge in [-0.1, -0.05) is 0 Å². The van der Waals surface area contributed by atoms with Crippen LogP contribution in [0.25, 0.3) is 11.1 Å². The van der Waals surface area contributed by atoms with Gasteiger partial charge in [0, 0.05) is 31.8 Å². The average molecular weight is 510 g/mol. The molecule has 1 aliphatic heterocycles. The first kappa shape index (κ1) is 27.4. The van der Waals surface area contributed by atoms with Crippen LogP contribution in [0.4, 0.5) is 0 Å². The van der Waals surface area contributed by atoms with Gasteiger partial charge < -0.3 is 13.9 Å². The fraction of sp³-hybridized carbons (Fsp3) is 0.667. The van der Waals surface area contributed by atoms with Gasteiger partial charge in [0.1, 0.15) is 0 Å². The zero-order chi connectivity index (χ0) is 25.6. The van der Waals surface area contributed by atoms with Crippen molar-refractivity contribution in [2.24, 2.45) is 0 Å². The SMILES string of the molecule is COCCOC1CCC(C)(N2CCC(n3c(=O)oc4ccc(C#N)cc43)CC2)CC1.CS(=O)(=O)O. The highest BCUT2D eigenvalue weighted by Gasteiger charge is 2.38. The number of benzene rings is 1. The number of methoxy groups -OCH3 is 1. The number of likely N-dealkylation sites (tertiary alicyclic amines) is 1. The summed E-state index contributed by atoms with van der Waals surface area (Å²) in [7, 11) is -1.96. The minimum Gasteiger partial charge on any atom is -0.408 e. The number of oxazole rings is 1. The Bertz CT molecular complexity index is 1170. The Morgan fingerprint density at radius 3 is 2.40 bits per heavy atom. The fourth-order valence-corrected chi connectivity index (χ4v) is 5.11. The van der Waals surface area contributed by atoms with Crippen molar-refractivity contribution in [3.63, 3.8) is 0 Å². The molecule has 0 bridgehead atoms. The first-order valence-electron chi connectivity index (χ1n) is 11.9. The van der Waals surface area contributed by atoms with E-state index in [4.69, 9.17) is 18.4 Å². The Kier molecular flexibility index (Phi) is 9.12. The lowest BCUT2D eigenvalue weighted by Gasteiger charge is -2.48. The molecule has 0 atom stereocenters. The molecular weight excluding hydrogens is 474 g/mol. The highest BCUT2D eigenvalue weighted by Crippen LogP contribution is 2.38. The Balaban J connectivity index is 0.000000623. The summed E-state index contributed by atoms with van der Waals surface area (Å²) in [5.74, 6) is -0.321. The molecule has 11 heteroatoms. The molecule has 1 aliphatic carbocycles. The van der Waals surface area contributed by atoms with Gasteiger partial charge in [0.05, 0.1) is 42.7 Å². The van der Waals surface area contributed by atoms with Gasteiger partial charge in [-0.2, -0.15) is 13.7 Å². The number of rotatable bonds is 6.